The Labute approximate surface area is 242 Å². The minimum atomic E-state index is 0.0407. The van der Waals surface area contributed by atoms with E-state index in [-0.39, 0.29) is 11.8 Å². The summed E-state index contributed by atoms with van der Waals surface area (Å²) in [5.74, 6) is 1.38. The summed E-state index contributed by atoms with van der Waals surface area (Å²) in [5.41, 5.74) is 18.3. The molecule has 0 bridgehead atoms. The lowest BCUT2D eigenvalue weighted by atomic mass is 9.94. The lowest BCUT2D eigenvalue weighted by molar-refractivity contribution is 0.0976. The molecular formula is C33H42N6O2. The van der Waals surface area contributed by atoms with Crippen LogP contribution >= 0.6 is 0 Å². The lowest BCUT2D eigenvalue weighted by Gasteiger charge is -2.21. The molecule has 0 saturated carbocycles. The number of methoxy groups -OCH3 is 1. The number of H-pyrrole nitrogens is 1. The Hall–Kier alpha value is -4.17. The van der Waals surface area contributed by atoms with Gasteiger partial charge in [0.1, 0.15) is 11.6 Å². The van der Waals surface area contributed by atoms with Crippen LogP contribution in [0.5, 0.6) is 5.75 Å². The second-order valence-corrected chi connectivity index (χ2v) is 10.5. The number of aliphatic imine (C=N–C) groups is 1. The Bertz CT molecular complexity index is 1500. The van der Waals surface area contributed by atoms with E-state index in [1.165, 1.54) is 0 Å². The number of nitrogens with two attached hydrogens (primary N) is 2. The summed E-state index contributed by atoms with van der Waals surface area (Å²) in [6.07, 6.45) is 8.71. The third-order valence-electron chi connectivity index (χ3n) is 7.60. The van der Waals surface area contributed by atoms with Gasteiger partial charge in [-0.2, -0.15) is 0 Å². The average Bonchev–Trinajstić information content (AvgIpc) is 3.41. The zero-order valence-electron chi connectivity index (χ0n) is 24.3. The van der Waals surface area contributed by atoms with E-state index in [2.05, 4.69) is 17.2 Å². The summed E-state index contributed by atoms with van der Waals surface area (Å²) in [5, 5.41) is 13.5. The number of amidine groups is 1. The number of para-hydroxylation sites is 1. The fraction of sp³-hybridized carbons (Fsp3) is 0.364. The number of hydrogen-bond donors (Lipinski definition) is 5. The molecule has 2 heterocycles. The highest BCUT2D eigenvalue weighted by atomic mass is 16.5. The average molecular weight is 555 g/mol. The number of benzene rings is 2. The van der Waals surface area contributed by atoms with E-state index >= 15 is 0 Å². The Morgan fingerprint density at radius 2 is 2.05 bits per heavy atom. The minimum Gasteiger partial charge on any atom is -0.496 e. The highest BCUT2D eigenvalue weighted by Crippen LogP contribution is 2.26. The number of aryl methyl sites for hydroxylation is 2. The molecule has 0 fully saturated rings. The van der Waals surface area contributed by atoms with Crippen molar-refractivity contribution >= 4 is 28.2 Å². The molecule has 216 valence electrons. The number of carbonyl (C=O) groups excluding carboxylic acids is 1. The zero-order chi connectivity index (χ0) is 29.4. The second-order valence-electron chi connectivity index (χ2n) is 10.5. The minimum absolute atomic E-state index is 0.0407. The SMILES string of the molecule is CCC(CCN)N=C1N/C=C\CC/C(N)=C\1C(=N)c1ccc(CCCC(=O)c2cc3cccc(C)c3[nH]2)c(OC)c1. The van der Waals surface area contributed by atoms with Gasteiger partial charge >= 0.3 is 0 Å². The molecule has 4 rings (SSSR count). The van der Waals surface area contributed by atoms with Gasteiger partial charge in [0.15, 0.2) is 5.78 Å². The number of nitrogens with one attached hydrogen (secondary N) is 3. The molecule has 0 radical (unpaired) electrons. The van der Waals surface area contributed by atoms with Gasteiger partial charge in [0.25, 0.3) is 0 Å². The third kappa shape index (κ3) is 7.13. The second kappa shape index (κ2) is 13.9. The Morgan fingerprint density at radius 3 is 2.78 bits per heavy atom. The molecule has 1 aliphatic rings. The number of carbonyl (C=O) groups is 1. The molecular weight excluding hydrogens is 512 g/mol. The van der Waals surface area contributed by atoms with Crippen molar-refractivity contribution in [3.63, 3.8) is 0 Å². The van der Waals surface area contributed by atoms with Gasteiger partial charge in [-0.1, -0.05) is 43.3 Å². The van der Waals surface area contributed by atoms with Gasteiger partial charge < -0.3 is 26.5 Å². The van der Waals surface area contributed by atoms with Crippen LogP contribution in [0.15, 0.2) is 71.0 Å². The Kier molecular flexibility index (Phi) is 10.1. The first-order valence-electron chi connectivity index (χ1n) is 14.4. The maximum atomic E-state index is 12.9. The van der Waals surface area contributed by atoms with Gasteiger partial charge in [-0.3, -0.25) is 15.2 Å². The number of allylic oxidation sites excluding steroid dienone is 2. The van der Waals surface area contributed by atoms with Crippen LogP contribution in [0.3, 0.4) is 0 Å². The number of fused-ring (bicyclic) bond motifs is 1. The van der Waals surface area contributed by atoms with Gasteiger partial charge in [0.05, 0.1) is 30.1 Å². The molecule has 8 nitrogen and oxygen atoms in total. The standard InChI is InChI=1S/C33H42N6O2/c1-4-25(16-17-34)38-33-30(26(35)12-5-6-18-37-33)31(36)23-15-14-22(29(20-23)41-3)10-8-13-28(40)27-19-24-11-7-9-21(2)32(24)39-27/h6-7,9,11,14-15,18-20,25,36,39H,4-5,8,10,12-13,16-17,34-35H2,1-3H3,(H,37,38)/b18-6-,30-26+,36-31?. The van der Waals surface area contributed by atoms with Crippen molar-refractivity contribution in [2.24, 2.45) is 16.5 Å². The summed E-state index contributed by atoms with van der Waals surface area (Å²) < 4.78 is 5.73. The highest BCUT2D eigenvalue weighted by molar-refractivity contribution is 6.29. The van der Waals surface area contributed by atoms with E-state index in [0.717, 1.165) is 41.3 Å². The molecule has 0 aliphatic carbocycles. The zero-order valence-corrected chi connectivity index (χ0v) is 24.3. The number of ether oxygens (including phenoxy) is 1. The fourth-order valence-electron chi connectivity index (χ4n) is 5.21. The van der Waals surface area contributed by atoms with E-state index < -0.39 is 0 Å². The maximum Gasteiger partial charge on any atom is 0.179 e. The lowest BCUT2D eigenvalue weighted by Crippen LogP contribution is -2.31. The van der Waals surface area contributed by atoms with E-state index in [9.17, 15) is 4.79 Å². The molecule has 8 heteroatoms. The molecule has 1 atom stereocenters. The molecule has 41 heavy (non-hydrogen) atoms. The molecule has 2 aromatic carbocycles. The van der Waals surface area contributed by atoms with Gasteiger partial charge in [-0.15, -0.1) is 0 Å². The van der Waals surface area contributed by atoms with Gasteiger partial charge in [-0.05, 0) is 81.5 Å². The number of aromatic nitrogens is 1. The summed E-state index contributed by atoms with van der Waals surface area (Å²) in [4.78, 5) is 21.1. The van der Waals surface area contributed by atoms with Crippen molar-refractivity contribution in [1.82, 2.24) is 10.3 Å². The van der Waals surface area contributed by atoms with Crippen LogP contribution in [0, 0.1) is 12.3 Å². The number of Topliss-reactive ketones (excluding diaryl/α,β-unsaturated/α-hetero) is 1. The van der Waals surface area contributed by atoms with E-state index in [4.69, 9.17) is 26.6 Å². The smallest absolute Gasteiger partial charge is 0.179 e. The van der Waals surface area contributed by atoms with Crippen molar-refractivity contribution in [2.45, 2.75) is 64.8 Å². The fourth-order valence-corrected chi connectivity index (χ4v) is 5.21. The van der Waals surface area contributed by atoms with Crippen LogP contribution in [0.4, 0.5) is 0 Å². The number of aromatic amines is 1. The predicted molar refractivity (Wildman–Crippen MR) is 168 cm³/mol. The molecule has 1 aliphatic heterocycles. The molecule has 1 aromatic heterocycles. The van der Waals surface area contributed by atoms with Crippen molar-refractivity contribution < 1.29 is 9.53 Å². The summed E-state index contributed by atoms with van der Waals surface area (Å²) in [6.45, 7) is 4.66. The molecule has 0 spiro atoms. The van der Waals surface area contributed by atoms with Crippen molar-refractivity contribution in [3.05, 3.63) is 88.4 Å². The van der Waals surface area contributed by atoms with Gasteiger partial charge in [0, 0.05) is 28.6 Å². The monoisotopic (exact) mass is 554 g/mol. The van der Waals surface area contributed by atoms with Crippen LogP contribution in [-0.2, 0) is 6.42 Å². The predicted octanol–water partition coefficient (Wildman–Crippen LogP) is 5.69. The van der Waals surface area contributed by atoms with Gasteiger partial charge in [0.2, 0.25) is 0 Å². The molecule has 3 aromatic rings. The molecule has 0 saturated heterocycles. The number of nitrogens with zero attached hydrogens (tertiary/aromatic N) is 1. The third-order valence-corrected chi connectivity index (χ3v) is 7.60. The topological polar surface area (TPSA) is 142 Å². The van der Waals surface area contributed by atoms with Crippen LogP contribution < -0.4 is 21.5 Å². The Balaban J connectivity index is 1.50. The van der Waals surface area contributed by atoms with Crippen LogP contribution in [0.2, 0.25) is 0 Å². The van der Waals surface area contributed by atoms with Crippen LogP contribution in [0.25, 0.3) is 10.9 Å². The van der Waals surface area contributed by atoms with Gasteiger partial charge in [-0.25, -0.2) is 0 Å². The number of rotatable bonds is 12. The normalized spacial score (nSPS) is 18.0. The molecule has 0 amide bonds. The quantitative estimate of drug-likeness (QED) is 0.144. The molecule has 1 unspecified atom stereocenters. The first-order chi connectivity index (χ1) is 19.9. The summed E-state index contributed by atoms with van der Waals surface area (Å²) in [7, 11) is 1.63. The number of ketones is 1. The highest BCUT2D eigenvalue weighted by Gasteiger charge is 2.21. The van der Waals surface area contributed by atoms with Crippen molar-refractivity contribution in [2.75, 3.05) is 13.7 Å². The summed E-state index contributed by atoms with van der Waals surface area (Å²) >= 11 is 0. The number of hydrogen-bond acceptors (Lipinski definition) is 6. The van der Waals surface area contributed by atoms with Crippen LogP contribution in [-0.4, -0.2) is 42.0 Å². The first kappa shape index (κ1) is 29.8. The first-order valence-corrected chi connectivity index (χ1v) is 14.4. The van der Waals surface area contributed by atoms with E-state index in [1.807, 2.05) is 61.7 Å². The van der Waals surface area contributed by atoms with Crippen LogP contribution in [0.1, 0.15) is 72.6 Å². The van der Waals surface area contributed by atoms with E-state index in [1.54, 1.807) is 7.11 Å². The Morgan fingerprint density at radius 1 is 1.22 bits per heavy atom. The van der Waals surface area contributed by atoms with Crippen molar-refractivity contribution in [3.8, 4) is 5.75 Å². The van der Waals surface area contributed by atoms with Crippen molar-refractivity contribution in [1.29, 1.82) is 5.41 Å². The largest absolute Gasteiger partial charge is 0.496 e. The molecule has 7 N–H and O–H groups in total. The summed E-state index contributed by atoms with van der Waals surface area (Å²) in [6, 6.07) is 13.8. The van der Waals surface area contributed by atoms with E-state index in [0.29, 0.717) is 72.1 Å². The maximum absolute atomic E-state index is 12.9.